The second-order valence-corrected chi connectivity index (χ2v) is 3.52. The molecular formula is C12H7BrFN. The van der Waals surface area contributed by atoms with Gasteiger partial charge in [0, 0.05) is 17.6 Å². The minimum atomic E-state index is -0.324. The molecule has 2 rings (SSSR count). The number of benzene rings is 1. The molecule has 0 aliphatic carbocycles. The number of pyridine rings is 1. The van der Waals surface area contributed by atoms with E-state index in [-0.39, 0.29) is 5.82 Å². The van der Waals surface area contributed by atoms with Crippen molar-refractivity contribution in [3.8, 4) is 11.8 Å². The highest BCUT2D eigenvalue weighted by Gasteiger charge is 2.02. The van der Waals surface area contributed by atoms with Crippen LogP contribution >= 0.6 is 15.9 Å². The summed E-state index contributed by atoms with van der Waals surface area (Å²) in [5, 5.41) is 1.44. The van der Waals surface area contributed by atoms with Gasteiger partial charge in [-0.3, -0.25) is 4.98 Å². The molecule has 3 heteroatoms. The Morgan fingerprint density at radius 2 is 2.27 bits per heavy atom. The summed E-state index contributed by atoms with van der Waals surface area (Å²) < 4.78 is 13.5. The smallest absolute Gasteiger partial charge is 0.141 e. The molecule has 0 amide bonds. The Kier molecular flexibility index (Phi) is 2.98. The maximum atomic E-state index is 13.5. The molecule has 0 unspecified atom stereocenters. The molecule has 0 fully saturated rings. The van der Waals surface area contributed by atoms with Gasteiger partial charge in [0.05, 0.1) is 16.4 Å². The third-order valence-corrected chi connectivity index (χ3v) is 2.26. The second-order valence-electron chi connectivity index (χ2n) is 2.96. The SMILES string of the molecule is Fc1cc2ncccc2cc1C#CCBr. The standard InChI is InChI=1S/C12H7BrFN/c13-5-1-3-9-7-10-4-2-6-15-12(10)8-11(9)14/h2,4,6-8H,5H2. The van der Waals surface area contributed by atoms with Crippen LogP contribution in [0.3, 0.4) is 0 Å². The predicted octanol–water partition coefficient (Wildman–Crippen LogP) is 3.12. The van der Waals surface area contributed by atoms with Gasteiger partial charge in [0.15, 0.2) is 0 Å². The van der Waals surface area contributed by atoms with Crippen LogP contribution < -0.4 is 0 Å². The fraction of sp³-hybridized carbons (Fsp3) is 0.0833. The first-order valence-corrected chi connectivity index (χ1v) is 5.52. The summed E-state index contributed by atoms with van der Waals surface area (Å²) in [6, 6.07) is 6.84. The lowest BCUT2D eigenvalue weighted by molar-refractivity contribution is 0.626. The van der Waals surface area contributed by atoms with E-state index in [9.17, 15) is 4.39 Å². The third-order valence-electron chi connectivity index (χ3n) is 1.98. The summed E-state index contributed by atoms with van der Waals surface area (Å²) in [4.78, 5) is 4.07. The molecule has 0 saturated heterocycles. The van der Waals surface area contributed by atoms with Crippen molar-refractivity contribution in [2.45, 2.75) is 0 Å². The Hall–Kier alpha value is -1.40. The van der Waals surface area contributed by atoms with Crippen molar-refractivity contribution >= 4 is 26.8 Å². The van der Waals surface area contributed by atoms with Crippen molar-refractivity contribution in [2.75, 3.05) is 5.33 Å². The highest BCUT2D eigenvalue weighted by Crippen LogP contribution is 2.16. The summed E-state index contributed by atoms with van der Waals surface area (Å²) in [5.41, 5.74) is 1.06. The van der Waals surface area contributed by atoms with Crippen LogP contribution in [0.5, 0.6) is 0 Å². The van der Waals surface area contributed by atoms with Crippen LogP contribution in [-0.4, -0.2) is 10.3 Å². The van der Waals surface area contributed by atoms with E-state index in [0.29, 0.717) is 16.4 Å². The van der Waals surface area contributed by atoms with E-state index in [1.807, 2.05) is 12.1 Å². The van der Waals surface area contributed by atoms with E-state index in [4.69, 9.17) is 0 Å². The van der Waals surface area contributed by atoms with Crippen LogP contribution in [0.15, 0.2) is 30.5 Å². The van der Waals surface area contributed by atoms with Gasteiger partial charge in [-0.15, -0.1) is 0 Å². The zero-order chi connectivity index (χ0) is 10.7. The first-order valence-electron chi connectivity index (χ1n) is 4.40. The Morgan fingerprint density at radius 3 is 3.07 bits per heavy atom. The molecule has 0 saturated carbocycles. The summed E-state index contributed by atoms with van der Waals surface area (Å²) >= 11 is 3.17. The molecule has 0 spiro atoms. The normalized spacial score (nSPS) is 9.73. The van der Waals surface area contributed by atoms with E-state index < -0.39 is 0 Å². The second kappa shape index (κ2) is 4.41. The summed E-state index contributed by atoms with van der Waals surface area (Å²) in [5.74, 6) is 5.21. The zero-order valence-corrected chi connectivity index (χ0v) is 9.38. The average molecular weight is 264 g/mol. The summed E-state index contributed by atoms with van der Waals surface area (Å²) in [7, 11) is 0. The van der Waals surface area contributed by atoms with Gasteiger partial charge in [0.25, 0.3) is 0 Å². The van der Waals surface area contributed by atoms with Crippen molar-refractivity contribution in [2.24, 2.45) is 0 Å². The minimum Gasteiger partial charge on any atom is -0.256 e. The quantitative estimate of drug-likeness (QED) is 0.526. The van der Waals surface area contributed by atoms with Gasteiger partial charge < -0.3 is 0 Å². The highest BCUT2D eigenvalue weighted by molar-refractivity contribution is 9.09. The molecule has 74 valence electrons. The molecule has 15 heavy (non-hydrogen) atoms. The van der Waals surface area contributed by atoms with Crippen LogP contribution in [0.1, 0.15) is 5.56 Å². The van der Waals surface area contributed by atoms with Crippen LogP contribution in [0.2, 0.25) is 0 Å². The highest BCUT2D eigenvalue weighted by atomic mass is 79.9. The van der Waals surface area contributed by atoms with Gasteiger partial charge in [0.1, 0.15) is 5.82 Å². The van der Waals surface area contributed by atoms with Crippen molar-refractivity contribution in [3.05, 3.63) is 41.8 Å². The van der Waals surface area contributed by atoms with Gasteiger partial charge in [-0.05, 0) is 12.1 Å². The van der Waals surface area contributed by atoms with Crippen LogP contribution in [0.4, 0.5) is 4.39 Å². The summed E-state index contributed by atoms with van der Waals surface area (Å²) in [6.07, 6.45) is 1.64. The number of nitrogens with zero attached hydrogens (tertiary/aromatic N) is 1. The summed E-state index contributed by atoms with van der Waals surface area (Å²) in [6.45, 7) is 0. The van der Waals surface area contributed by atoms with E-state index in [0.717, 1.165) is 5.39 Å². The first-order chi connectivity index (χ1) is 7.31. The monoisotopic (exact) mass is 263 g/mol. The lowest BCUT2D eigenvalue weighted by Gasteiger charge is -1.98. The van der Waals surface area contributed by atoms with Crippen molar-refractivity contribution in [1.82, 2.24) is 4.98 Å². The molecule has 0 N–H and O–H groups in total. The Balaban J connectivity index is 2.62. The lowest BCUT2D eigenvalue weighted by Crippen LogP contribution is -1.86. The maximum Gasteiger partial charge on any atom is 0.141 e. The van der Waals surface area contributed by atoms with Gasteiger partial charge in [-0.2, -0.15) is 0 Å². The van der Waals surface area contributed by atoms with Crippen molar-refractivity contribution in [3.63, 3.8) is 0 Å². The third kappa shape index (κ3) is 2.16. The van der Waals surface area contributed by atoms with Gasteiger partial charge >= 0.3 is 0 Å². The lowest BCUT2D eigenvalue weighted by atomic mass is 10.1. The molecule has 1 nitrogen and oxygen atoms in total. The van der Waals surface area contributed by atoms with E-state index >= 15 is 0 Å². The average Bonchev–Trinajstić information content (AvgIpc) is 2.26. The number of alkyl halides is 1. The van der Waals surface area contributed by atoms with Gasteiger partial charge in [0.2, 0.25) is 0 Å². The van der Waals surface area contributed by atoms with E-state index in [2.05, 4.69) is 32.8 Å². The number of aromatic nitrogens is 1. The molecule has 2 aromatic rings. The minimum absolute atomic E-state index is 0.324. The fourth-order valence-corrected chi connectivity index (χ4v) is 1.46. The Bertz CT molecular complexity index is 554. The number of hydrogen-bond donors (Lipinski definition) is 0. The maximum absolute atomic E-state index is 13.5. The van der Waals surface area contributed by atoms with Gasteiger partial charge in [-0.25, -0.2) is 4.39 Å². The molecule has 0 atom stereocenters. The zero-order valence-electron chi connectivity index (χ0n) is 7.80. The van der Waals surface area contributed by atoms with E-state index in [1.54, 1.807) is 12.3 Å². The number of halogens is 2. The van der Waals surface area contributed by atoms with Crippen molar-refractivity contribution in [1.29, 1.82) is 0 Å². The Labute approximate surface area is 95.5 Å². The van der Waals surface area contributed by atoms with Gasteiger partial charge in [-0.1, -0.05) is 33.8 Å². The molecule has 0 radical (unpaired) electrons. The van der Waals surface area contributed by atoms with Crippen LogP contribution in [0, 0.1) is 17.7 Å². The fourth-order valence-electron chi connectivity index (χ4n) is 1.32. The first kappa shape index (κ1) is 10.1. The molecule has 0 bridgehead atoms. The van der Waals surface area contributed by atoms with Crippen LogP contribution in [0.25, 0.3) is 10.9 Å². The largest absolute Gasteiger partial charge is 0.256 e. The van der Waals surface area contributed by atoms with E-state index in [1.165, 1.54) is 6.07 Å². The number of rotatable bonds is 0. The molecule has 1 heterocycles. The number of fused-ring (bicyclic) bond motifs is 1. The Morgan fingerprint density at radius 1 is 1.40 bits per heavy atom. The molecule has 1 aromatic heterocycles. The van der Waals surface area contributed by atoms with Crippen LogP contribution in [-0.2, 0) is 0 Å². The number of hydrogen-bond acceptors (Lipinski definition) is 1. The molecule has 1 aromatic carbocycles. The topological polar surface area (TPSA) is 12.9 Å². The predicted molar refractivity (Wildman–Crippen MR) is 62.4 cm³/mol. The molecule has 0 aliphatic heterocycles. The molecular weight excluding hydrogens is 257 g/mol. The molecule has 0 aliphatic rings. The van der Waals surface area contributed by atoms with Crippen molar-refractivity contribution < 1.29 is 4.39 Å².